The van der Waals surface area contributed by atoms with Gasteiger partial charge in [0.05, 0.1) is 10.5 Å². The predicted molar refractivity (Wildman–Crippen MR) is 91.0 cm³/mol. The average molecular weight is 367 g/mol. The van der Waals surface area contributed by atoms with Crippen molar-refractivity contribution in [1.29, 1.82) is 0 Å². The lowest BCUT2D eigenvalue weighted by atomic mass is 10.1. The van der Waals surface area contributed by atoms with E-state index >= 15 is 0 Å². The summed E-state index contributed by atoms with van der Waals surface area (Å²) >= 11 is 0. The van der Waals surface area contributed by atoms with Gasteiger partial charge in [0.25, 0.3) is 5.69 Å². The third kappa shape index (κ3) is 5.20. The van der Waals surface area contributed by atoms with Crippen LogP contribution in [0.25, 0.3) is 0 Å². The van der Waals surface area contributed by atoms with Crippen molar-refractivity contribution in [1.82, 2.24) is 0 Å². The normalized spacial score (nSPS) is 11.1. The molecule has 0 radical (unpaired) electrons. The van der Waals surface area contributed by atoms with Gasteiger partial charge in [-0.2, -0.15) is 13.2 Å². The summed E-state index contributed by atoms with van der Waals surface area (Å²) in [5.41, 5.74) is -0.115. The van der Waals surface area contributed by atoms with E-state index in [1.807, 2.05) is 0 Å². The SMILES string of the molecule is CC(=O)Nc1ccc(CCNc2ccc(C(F)(F)F)cc2[N+](=O)[O-])cc1. The van der Waals surface area contributed by atoms with Crippen LogP contribution >= 0.6 is 0 Å². The molecule has 0 aromatic heterocycles. The molecule has 2 aromatic carbocycles. The zero-order valence-corrected chi connectivity index (χ0v) is 13.8. The number of carbonyl (C=O) groups excluding carboxylic acids is 1. The highest BCUT2D eigenvalue weighted by molar-refractivity contribution is 5.88. The molecule has 6 nitrogen and oxygen atoms in total. The Labute approximate surface area is 147 Å². The Kier molecular flexibility index (Phi) is 5.81. The third-order valence-electron chi connectivity index (χ3n) is 3.53. The standard InChI is InChI=1S/C17H16F3N3O3/c1-11(24)22-14-5-2-12(3-6-14)8-9-21-15-7-4-13(17(18,19)20)10-16(15)23(25)26/h2-7,10,21H,8-9H2,1H3,(H,22,24). The van der Waals surface area contributed by atoms with Gasteiger partial charge >= 0.3 is 6.18 Å². The maximum absolute atomic E-state index is 12.7. The minimum atomic E-state index is -4.64. The van der Waals surface area contributed by atoms with Crippen molar-refractivity contribution in [3.8, 4) is 0 Å². The molecule has 9 heteroatoms. The molecule has 0 atom stereocenters. The summed E-state index contributed by atoms with van der Waals surface area (Å²) in [5, 5.41) is 16.4. The van der Waals surface area contributed by atoms with Gasteiger partial charge in [-0.15, -0.1) is 0 Å². The number of nitrogens with zero attached hydrogens (tertiary/aromatic N) is 1. The van der Waals surface area contributed by atoms with E-state index in [0.717, 1.165) is 17.7 Å². The van der Waals surface area contributed by atoms with Crippen molar-refractivity contribution in [2.45, 2.75) is 19.5 Å². The number of nitro benzene ring substituents is 1. The van der Waals surface area contributed by atoms with Crippen LogP contribution in [0.3, 0.4) is 0 Å². The Morgan fingerprint density at radius 3 is 2.35 bits per heavy atom. The lowest BCUT2D eigenvalue weighted by Gasteiger charge is -2.11. The second kappa shape index (κ2) is 7.85. The molecule has 0 saturated heterocycles. The number of nitrogens with one attached hydrogen (secondary N) is 2. The smallest absolute Gasteiger partial charge is 0.379 e. The Bertz CT molecular complexity index is 805. The number of amides is 1. The molecule has 0 aliphatic heterocycles. The van der Waals surface area contributed by atoms with Gasteiger partial charge in [0.15, 0.2) is 0 Å². The third-order valence-corrected chi connectivity index (χ3v) is 3.53. The van der Waals surface area contributed by atoms with Gasteiger partial charge < -0.3 is 10.6 Å². The first-order chi connectivity index (χ1) is 12.2. The fraction of sp³-hybridized carbons (Fsp3) is 0.235. The molecule has 0 unspecified atom stereocenters. The van der Waals surface area contributed by atoms with Gasteiger partial charge in [-0.25, -0.2) is 0 Å². The average Bonchev–Trinajstić information content (AvgIpc) is 2.55. The molecule has 0 fully saturated rings. The number of halogens is 3. The molecule has 2 aromatic rings. The first kappa shape index (κ1) is 19.2. The quantitative estimate of drug-likeness (QED) is 0.591. The van der Waals surface area contributed by atoms with Crippen LogP contribution in [-0.2, 0) is 17.4 Å². The topological polar surface area (TPSA) is 84.3 Å². The number of hydrogen-bond donors (Lipinski definition) is 2. The van der Waals surface area contributed by atoms with Gasteiger partial charge in [0.1, 0.15) is 5.69 Å². The Morgan fingerprint density at radius 2 is 1.81 bits per heavy atom. The monoisotopic (exact) mass is 367 g/mol. The van der Waals surface area contributed by atoms with Gasteiger partial charge in [-0.1, -0.05) is 12.1 Å². The van der Waals surface area contributed by atoms with Crippen molar-refractivity contribution in [2.75, 3.05) is 17.2 Å². The lowest BCUT2D eigenvalue weighted by molar-refractivity contribution is -0.384. The number of carbonyl (C=O) groups is 1. The van der Waals surface area contributed by atoms with E-state index in [1.54, 1.807) is 24.3 Å². The highest BCUT2D eigenvalue weighted by atomic mass is 19.4. The first-order valence-corrected chi connectivity index (χ1v) is 7.63. The molecule has 138 valence electrons. The van der Waals surface area contributed by atoms with Crippen LogP contribution in [0.1, 0.15) is 18.1 Å². The second-order valence-corrected chi connectivity index (χ2v) is 5.54. The fourth-order valence-corrected chi connectivity index (χ4v) is 2.31. The minimum Gasteiger partial charge on any atom is -0.379 e. The number of benzene rings is 2. The molecular weight excluding hydrogens is 351 g/mol. The maximum atomic E-state index is 12.7. The van der Waals surface area contributed by atoms with E-state index in [9.17, 15) is 28.1 Å². The summed E-state index contributed by atoms with van der Waals surface area (Å²) in [7, 11) is 0. The number of alkyl halides is 3. The molecule has 0 bridgehead atoms. The van der Waals surface area contributed by atoms with E-state index in [-0.39, 0.29) is 11.6 Å². The van der Waals surface area contributed by atoms with Crippen molar-refractivity contribution in [2.24, 2.45) is 0 Å². The maximum Gasteiger partial charge on any atom is 0.416 e. The minimum absolute atomic E-state index is 0.0258. The zero-order valence-electron chi connectivity index (χ0n) is 13.8. The van der Waals surface area contributed by atoms with Crippen LogP contribution in [0, 0.1) is 10.1 Å². The van der Waals surface area contributed by atoms with Gasteiger partial charge in [-0.05, 0) is 36.2 Å². The summed E-state index contributed by atoms with van der Waals surface area (Å²) in [6.07, 6.45) is -4.14. The van der Waals surface area contributed by atoms with Crippen LogP contribution in [0.15, 0.2) is 42.5 Å². The molecule has 1 amide bonds. The number of anilines is 2. The van der Waals surface area contributed by atoms with Crippen LogP contribution in [-0.4, -0.2) is 17.4 Å². The van der Waals surface area contributed by atoms with E-state index in [4.69, 9.17) is 0 Å². The molecule has 0 aliphatic rings. The molecule has 0 saturated carbocycles. The number of rotatable bonds is 6. The highest BCUT2D eigenvalue weighted by Gasteiger charge is 2.32. The Balaban J connectivity index is 2.03. The first-order valence-electron chi connectivity index (χ1n) is 7.63. The fourth-order valence-electron chi connectivity index (χ4n) is 2.31. The lowest BCUT2D eigenvalue weighted by Crippen LogP contribution is -2.10. The number of nitro groups is 1. The molecule has 2 rings (SSSR count). The summed E-state index contributed by atoms with van der Waals surface area (Å²) in [6, 6.07) is 9.39. The molecular formula is C17H16F3N3O3. The molecule has 0 spiro atoms. The Morgan fingerprint density at radius 1 is 1.15 bits per heavy atom. The van der Waals surface area contributed by atoms with Crippen molar-refractivity contribution in [3.63, 3.8) is 0 Å². The summed E-state index contributed by atoms with van der Waals surface area (Å²) in [5.74, 6) is -0.186. The number of hydrogen-bond acceptors (Lipinski definition) is 4. The van der Waals surface area contributed by atoms with E-state index in [2.05, 4.69) is 10.6 Å². The van der Waals surface area contributed by atoms with Crippen LogP contribution in [0.5, 0.6) is 0 Å². The van der Waals surface area contributed by atoms with Gasteiger partial charge in [-0.3, -0.25) is 14.9 Å². The zero-order chi connectivity index (χ0) is 19.3. The van der Waals surface area contributed by atoms with Crippen LogP contribution < -0.4 is 10.6 Å². The predicted octanol–water partition coefficient (Wildman–Crippen LogP) is 4.23. The van der Waals surface area contributed by atoms with E-state index < -0.39 is 22.4 Å². The highest BCUT2D eigenvalue weighted by Crippen LogP contribution is 2.34. The largest absolute Gasteiger partial charge is 0.416 e. The molecule has 0 heterocycles. The summed E-state index contributed by atoms with van der Waals surface area (Å²) < 4.78 is 38.0. The van der Waals surface area contributed by atoms with Crippen molar-refractivity contribution >= 4 is 23.0 Å². The van der Waals surface area contributed by atoms with Gasteiger partial charge in [0.2, 0.25) is 5.91 Å². The van der Waals surface area contributed by atoms with Crippen molar-refractivity contribution < 1.29 is 22.9 Å². The van der Waals surface area contributed by atoms with E-state index in [1.165, 1.54) is 6.92 Å². The molecule has 0 aliphatic carbocycles. The Hall–Kier alpha value is -3.10. The van der Waals surface area contributed by atoms with Crippen LogP contribution in [0.2, 0.25) is 0 Å². The summed E-state index contributed by atoms with van der Waals surface area (Å²) in [6.45, 7) is 1.69. The summed E-state index contributed by atoms with van der Waals surface area (Å²) in [4.78, 5) is 21.1. The van der Waals surface area contributed by atoms with Crippen molar-refractivity contribution in [3.05, 3.63) is 63.7 Å². The molecule has 26 heavy (non-hydrogen) atoms. The van der Waals surface area contributed by atoms with E-state index in [0.29, 0.717) is 24.7 Å². The van der Waals surface area contributed by atoms with Crippen LogP contribution in [0.4, 0.5) is 30.2 Å². The molecule has 2 N–H and O–H groups in total. The van der Waals surface area contributed by atoms with Gasteiger partial charge in [0, 0.05) is 25.2 Å². The second-order valence-electron chi connectivity index (χ2n) is 5.54.